The molecule has 0 radical (unpaired) electrons. The van der Waals surface area contributed by atoms with E-state index < -0.39 is 5.97 Å². The second-order valence-electron chi connectivity index (χ2n) is 3.77. The maximum Gasteiger partial charge on any atom is 0.339 e. The quantitative estimate of drug-likeness (QED) is 0.731. The lowest BCUT2D eigenvalue weighted by atomic mass is 10.0. The van der Waals surface area contributed by atoms with Gasteiger partial charge < -0.3 is 5.11 Å². The molecule has 0 atom stereocenters. The Morgan fingerprint density at radius 2 is 2.18 bits per heavy atom. The van der Waals surface area contributed by atoms with Gasteiger partial charge in [-0.2, -0.15) is 0 Å². The summed E-state index contributed by atoms with van der Waals surface area (Å²) in [5.74, 6) is -0.884. The van der Waals surface area contributed by atoms with Crippen LogP contribution >= 0.6 is 0 Å². The summed E-state index contributed by atoms with van der Waals surface area (Å²) in [5, 5.41) is 12.8. The van der Waals surface area contributed by atoms with Crippen LogP contribution in [-0.2, 0) is 4.79 Å². The van der Waals surface area contributed by atoms with E-state index in [0.29, 0.717) is 4.87 Å². The monoisotopic (exact) mass is 230 g/mol. The van der Waals surface area contributed by atoms with Crippen LogP contribution in [0.15, 0.2) is 34.9 Å². The van der Waals surface area contributed by atoms with Gasteiger partial charge in [-0.3, -0.25) is 4.90 Å². The number of rotatable bonds is 1. The zero-order valence-electron chi connectivity index (χ0n) is 8.70. The van der Waals surface area contributed by atoms with Gasteiger partial charge in [0.1, 0.15) is 5.57 Å². The van der Waals surface area contributed by atoms with Crippen LogP contribution in [0.25, 0.3) is 6.08 Å². The van der Waals surface area contributed by atoms with Crippen molar-refractivity contribution >= 4 is 23.6 Å². The molecule has 6 heteroatoms. The van der Waals surface area contributed by atoms with Crippen molar-refractivity contribution in [3.05, 3.63) is 40.3 Å². The van der Waals surface area contributed by atoms with Crippen molar-refractivity contribution in [2.75, 3.05) is 11.6 Å². The molecule has 0 aliphatic carbocycles. The lowest BCUT2D eigenvalue weighted by Crippen LogP contribution is -2.34. The number of carboxylic acid groups (broad SMARTS) is 1. The molecule has 3 rings (SSSR count). The van der Waals surface area contributed by atoms with Gasteiger partial charge in [-0.25, -0.2) is 4.79 Å². The first kappa shape index (κ1) is 9.71. The number of hydrogen-bond acceptors (Lipinski definition) is 3. The fraction of sp³-hybridized carbons (Fsp3) is 0.0909. The molecule has 2 aliphatic rings. The summed E-state index contributed by atoms with van der Waals surface area (Å²) in [5.41, 5.74) is 1.62. The molecule has 0 aromatic heterocycles. The summed E-state index contributed by atoms with van der Waals surface area (Å²) in [7, 11) is 0. The van der Waals surface area contributed by atoms with E-state index in [1.165, 1.54) is 6.08 Å². The van der Waals surface area contributed by atoms with Gasteiger partial charge in [-0.05, 0) is 17.7 Å². The minimum Gasteiger partial charge on any atom is -0.478 e. The molecular formula is C11H8N3O3+. The summed E-state index contributed by atoms with van der Waals surface area (Å²) in [6.07, 6.45) is 1.53. The Bertz CT molecular complexity index is 604. The van der Waals surface area contributed by atoms with E-state index in [1.54, 1.807) is 4.90 Å². The first-order valence-corrected chi connectivity index (χ1v) is 5.02. The second-order valence-corrected chi connectivity index (χ2v) is 3.77. The van der Waals surface area contributed by atoms with Crippen LogP contribution in [0.1, 0.15) is 5.56 Å². The van der Waals surface area contributed by atoms with Crippen molar-refractivity contribution in [3.8, 4) is 0 Å². The maximum atomic E-state index is 11.3. The van der Waals surface area contributed by atoms with E-state index >= 15 is 0 Å². The summed E-state index contributed by atoms with van der Waals surface area (Å²) in [6, 6.07) is 7.30. The molecule has 0 unspecified atom stereocenters. The minimum atomic E-state index is -1.08. The molecule has 1 aromatic carbocycles. The first-order valence-electron chi connectivity index (χ1n) is 5.02. The van der Waals surface area contributed by atoms with E-state index in [-0.39, 0.29) is 18.1 Å². The topological polar surface area (TPSA) is 73.0 Å². The van der Waals surface area contributed by atoms with Crippen molar-refractivity contribution in [3.63, 3.8) is 0 Å². The molecule has 0 fully saturated rings. The number of amidine groups is 1. The van der Waals surface area contributed by atoms with Crippen molar-refractivity contribution in [2.24, 2.45) is 5.10 Å². The molecule has 2 heterocycles. The zero-order chi connectivity index (χ0) is 12.0. The van der Waals surface area contributed by atoms with Crippen molar-refractivity contribution in [1.29, 1.82) is 0 Å². The fourth-order valence-corrected chi connectivity index (χ4v) is 2.00. The highest BCUT2D eigenvalue weighted by molar-refractivity contribution is 6.29. The third-order valence-corrected chi connectivity index (χ3v) is 2.72. The van der Waals surface area contributed by atoms with E-state index in [4.69, 9.17) is 5.11 Å². The summed E-state index contributed by atoms with van der Waals surface area (Å²) < 4.78 is 0. The largest absolute Gasteiger partial charge is 0.478 e. The van der Waals surface area contributed by atoms with Crippen molar-refractivity contribution in [2.45, 2.75) is 0 Å². The number of hydrogen-bond donors (Lipinski definition) is 1. The number of nitrogens with zero attached hydrogens (tertiary/aromatic N) is 3. The van der Waals surface area contributed by atoms with Crippen LogP contribution < -0.4 is 4.90 Å². The third-order valence-electron chi connectivity index (χ3n) is 2.72. The number of benzene rings is 1. The highest BCUT2D eigenvalue weighted by Crippen LogP contribution is 2.31. The molecule has 6 nitrogen and oxygen atoms in total. The number of anilines is 1. The number of hydrazone groups is 1. The second kappa shape index (κ2) is 3.24. The standard InChI is InChI=1S/C11H7N3O3/c15-11(16)8-5-7-3-1-2-4-9(7)13-6-14(17)12-10(8)13/h1-5H,6H2/p+1. The van der Waals surface area contributed by atoms with Gasteiger partial charge in [0.15, 0.2) is 4.87 Å². The van der Waals surface area contributed by atoms with Gasteiger partial charge in [0.2, 0.25) is 5.84 Å². The number of carboxylic acids is 1. The number of nitroso groups, excluding NO2 is 1. The highest BCUT2D eigenvalue weighted by Gasteiger charge is 2.39. The van der Waals surface area contributed by atoms with E-state index in [9.17, 15) is 9.70 Å². The summed E-state index contributed by atoms with van der Waals surface area (Å²) >= 11 is 0. The van der Waals surface area contributed by atoms with E-state index in [0.717, 1.165) is 11.3 Å². The number of para-hydroxylation sites is 1. The Labute approximate surface area is 96.0 Å². The minimum absolute atomic E-state index is 0.0248. The lowest BCUT2D eigenvalue weighted by Gasteiger charge is -2.21. The average molecular weight is 230 g/mol. The molecule has 2 aliphatic heterocycles. The van der Waals surface area contributed by atoms with Gasteiger partial charge >= 0.3 is 12.6 Å². The Morgan fingerprint density at radius 1 is 1.41 bits per heavy atom. The molecule has 17 heavy (non-hydrogen) atoms. The van der Waals surface area contributed by atoms with Crippen molar-refractivity contribution < 1.29 is 14.8 Å². The first-order chi connectivity index (χ1) is 8.16. The fourth-order valence-electron chi connectivity index (χ4n) is 2.00. The van der Waals surface area contributed by atoms with E-state index in [2.05, 4.69) is 5.10 Å². The number of carbonyl (C=O) groups is 1. The number of aliphatic carboxylic acids is 1. The molecule has 1 aromatic rings. The summed E-state index contributed by atoms with van der Waals surface area (Å²) in [4.78, 5) is 24.5. The van der Waals surface area contributed by atoms with E-state index in [1.807, 2.05) is 24.3 Å². The molecule has 0 saturated carbocycles. The van der Waals surface area contributed by atoms with Crippen LogP contribution in [0.3, 0.4) is 0 Å². The maximum absolute atomic E-state index is 11.3. The highest BCUT2D eigenvalue weighted by atomic mass is 16.4. The third kappa shape index (κ3) is 1.34. The Balaban J connectivity index is 2.25. The molecule has 0 saturated heterocycles. The molecular weight excluding hydrogens is 222 g/mol. The molecule has 84 valence electrons. The Hall–Kier alpha value is -2.50. The Kier molecular flexibility index (Phi) is 1.85. The van der Waals surface area contributed by atoms with Gasteiger partial charge in [0.25, 0.3) is 0 Å². The Morgan fingerprint density at radius 3 is 2.94 bits per heavy atom. The SMILES string of the molecule is O=C(O)C1=Cc2ccccc2N2C[N+](=O)N=C12. The van der Waals surface area contributed by atoms with Gasteiger partial charge in [-0.15, -0.1) is 0 Å². The van der Waals surface area contributed by atoms with Crippen LogP contribution in [-0.4, -0.2) is 28.4 Å². The molecule has 0 spiro atoms. The smallest absolute Gasteiger partial charge is 0.339 e. The number of fused-ring (bicyclic) bond motifs is 3. The summed E-state index contributed by atoms with van der Waals surface area (Å²) in [6.45, 7) is 0.0248. The normalized spacial score (nSPS) is 17.2. The molecule has 0 bridgehead atoms. The van der Waals surface area contributed by atoms with Crippen LogP contribution in [0.5, 0.6) is 0 Å². The molecule has 1 N–H and O–H groups in total. The van der Waals surface area contributed by atoms with Crippen LogP contribution in [0.4, 0.5) is 5.69 Å². The predicted octanol–water partition coefficient (Wildman–Crippen LogP) is 1.04. The predicted molar refractivity (Wildman–Crippen MR) is 60.5 cm³/mol. The molecule has 0 amide bonds. The lowest BCUT2D eigenvalue weighted by molar-refractivity contribution is -0.543. The zero-order valence-corrected chi connectivity index (χ0v) is 8.70. The van der Waals surface area contributed by atoms with Crippen LogP contribution in [0, 0.1) is 4.91 Å². The van der Waals surface area contributed by atoms with Gasteiger partial charge in [-0.1, -0.05) is 18.2 Å². The van der Waals surface area contributed by atoms with Gasteiger partial charge in [0, 0.05) is 0 Å². The van der Waals surface area contributed by atoms with Gasteiger partial charge in [0.05, 0.1) is 15.7 Å². The average Bonchev–Trinajstić information content (AvgIpc) is 2.69. The van der Waals surface area contributed by atoms with Crippen LogP contribution in [0.2, 0.25) is 0 Å². The van der Waals surface area contributed by atoms with Crippen molar-refractivity contribution in [1.82, 2.24) is 0 Å².